The van der Waals surface area contributed by atoms with E-state index in [1.165, 1.54) is 12.1 Å². The minimum absolute atomic E-state index is 0.0972. The van der Waals surface area contributed by atoms with Gasteiger partial charge in [-0.25, -0.2) is 9.37 Å². The van der Waals surface area contributed by atoms with E-state index in [1.807, 2.05) is 6.92 Å². The number of hydrogen-bond acceptors (Lipinski definition) is 4. The topological polar surface area (TPSA) is 81.2 Å². The van der Waals surface area contributed by atoms with E-state index in [9.17, 15) is 9.18 Å². The summed E-state index contributed by atoms with van der Waals surface area (Å²) in [5.74, 6) is 0.125. The second-order valence-corrected chi connectivity index (χ2v) is 4.16. The second kappa shape index (κ2) is 5.09. The minimum atomic E-state index is -0.512. The number of benzene rings is 1. The van der Waals surface area contributed by atoms with Crippen LogP contribution in [0.2, 0.25) is 0 Å². The van der Waals surface area contributed by atoms with Gasteiger partial charge in [-0.2, -0.15) is 0 Å². The molecule has 1 aromatic carbocycles. The van der Waals surface area contributed by atoms with Crippen LogP contribution in [0.5, 0.6) is 0 Å². The average Bonchev–Trinajstić information content (AvgIpc) is 2.69. The Morgan fingerprint density at radius 2 is 2.21 bits per heavy atom. The van der Waals surface area contributed by atoms with Gasteiger partial charge in [0.15, 0.2) is 0 Å². The molecule has 3 N–H and O–H groups in total. The lowest BCUT2D eigenvalue weighted by Crippen LogP contribution is -2.24. The molecule has 2 rings (SSSR count). The largest absolute Gasteiger partial charge is 0.444 e. The van der Waals surface area contributed by atoms with Crippen molar-refractivity contribution in [3.63, 3.8) is 0 Å². The van der Waals surface area contributed by atoms with Crippen LogP contribution in [0, 0.1) is 19.7 Å². The second-order valence-electron chi connectivity index (χ2n) is 4.16. The number of nitrogens with zero attached hydrogens (tertiary/aromatic N) is 1. The summed E-state index contributed by atoms with van der Waals surface area (Å²) in [6.45, 7) is 3.73. The SMILES string of the molecule is Cc1nc(CNC(=O)c2cc(F)ccc2N)oc1C. The number of nitrogens with one attached hydrogen (secondary N) is 1. The molecular formula is C13H14FN3O2. The lowest BCUT2D eigenvalue weighted by molar-refractivity contribution is 0.0947. The molecule has 0 aliphatic heterocycles. The summed E-state index contributed by atoms with van der Waals surface area (Å²) in [5, 5.41) is 2.58. The van der Waals surface area contributed by atoms with Gasteiger partial charge in [0.25, 0.3) is 5.91 Å². The van der Waals surface area contributed by atoms with Crippen LogP contribution in [0.15, 0.2) is 22.6 Å². The van der Waals surface area contributed by atoms with Crippen LogP contribution in [0.3, 0.4) is 0 Å². The highest BCUT2D eigenvalue weighted by atomic mass is 19.1. The number of nitrogen functional groups attached to an aromatic ring is 1. The molecule has 2 aromatic rings. The van der Waals surface area contributed by atoms with Crippen molar-refractivity contribution >= 4 is 11.6 Å². The van der Waals surface area contributed by atoms with Crippen molar-refractivity contribution in [2.24, 2.45) is 0 Å². The van der Waals surface area contributed by atoms with Crippen LogP contribution < -0.4 is 11.1 Å². The standard InChI is InChI=1S/C13H14FN3O2/c1-7-8(2)19-12(17-7)6-16-13(18)10-5-9(14)3-4-11(10)15/h3-5H,6,15H2,1-2H3,(H,16,18). The van der Waals surface area contributed by atoms with Gasteiger partial charge in [0, 0.05) is 5.69 Å². The summed E-state index contributed by atoms with van der Waals surface area (Å²) < 4.78 is 18.4. The Bertz CT molecular complexity index is 603. The van der Waals surface area contributed by atoms with Crippen LogP contribution >= 0.6 is 0 Å². The first-order chi connectivity index (χ1) is 8.97. The number of aryl methyl sites for hydroxylation is 2. The molecule has 0 fully saturated rings. The summed E-state index contributed by atoms with van der Waals surface area (Å²) in [7, 11) is 0. The fourth-order valence-corrected chi connectivity index (χ4v) is 1.59. The van der Waals surface area contributed by atoms with Crippen LogP contribution in [0.1, 0.15) is 27.7 Å². The molecule has 19 heavy (non-hydrogen) atoms. The number of nitrogens with two attached hydrogens (primary N) is 1. The first-order valence-electron chi connectivity index (χ1n) is 5.73. The Morgan fingerprint density at radius 3 is 2.84 bits per heavy atom. The quantitative estimate of drug-likeness (QED) is 0.829. The summed E-state index contributed by atoms with van der Waals surface area (Å²) in [6, 6.07) is 3.65. The highest BCUT2D eigenvalue weighted by molar-refractivity contribution is 5.99. The van der Waals surface area contributed by atoms with Gasteiger partial charge in [0.1, 0.15) is 11.6 Å². The van der Waals surface area contributed by atoms with Crippen molar-refractivity contribution in [3.05, 3.63) is 46.9 Å². The molecule has 0 saturated carbocycles. The van der Waals surface area contributed by atoms with Crippen molar-refractivity contribution in [1.82, 2.24) is 10.3 Å². The zero-order valence-electron chi connectivity index (χ0n) is 10.7. The molecule has 0 spiro atoms. The summed E-state index contributed by atoms with van der Waals surface area (Å²) in [4.78, 5) is 16.0. The zero-order valence-corrected chi connectivity index (χ0v) is 10.7. The molecule has 0 saturated heterocycles. The van der Waals surface area contributed by atoms with Crippen LogP contribution in [-0.2, 0) is 6.54 Å². The fourth-order valence-electron chi connectivity index (χ4n) is 1.59. The first kappa shape index (κ1) is 13.1. The van der Waals surface area contributed by atoms with Crippen molar-refractivity contribution in [2.75, 3.05) is 5.73 Å². The van der Waals surface area contributed by atoms with Crippen LogP contribution in [0.4, 0.5) is 10.1 Å². The number of halogens is 1. The molecule has 6 heteroatoms. The molecule has 0 bridgehead atoms. The van der Waals surface area contributed by atoms with E-state index < -0.39 is 11.7 Å². The molecule has 0 unspecified atom stereocenters. The Hall–Kier alpha value is -2.37. The lowest BCUT2D eigenvalue weighted by atomic mass is 10.1. The number of carbonyl (C=O) groups excluding carboxylic acids is 1. The van der Waals surface area contributed by atoms with E-state index in [4.69, 9.17) is 10.2 Å². The van der Waals surface area contributed by atoms with Crippen molar-refractivity contribution in [3.8, 4) is 0 Å². The van der Waals surface area contributed by atoms with E-state index in [0.717, 1.165) is 11.8 Å². The Labute approximate surface area is 109 Å². The maximum Gasteiger partial charge on any atom is 0.253 e. The number of rotatable bonds is 3. The highest BCUT2D eigenvalue weighted by Gasteiger charge is 2.12. The molecule has 0 aliphatic rings. The van der Waals surface area contributed by atoms with Gasteiger partial charge in [-0.3, -0.25) is 4.79 Å². The molecule has 0 radical (unpaired) electrons. The predicted octanol–water partition coefficient (Wildman–Crippen LogP) is 1.94. The highest BCUT2D eigenvalue weighted by Crippen LogP contribution is 2.13. The van der Waals surface area contributed by atoms with E-state index in [2.05, 4.69) is 10.3 Å². The van der Waals surface area contributed by atoms with Gasteiger partial charge >= 0.3 is 0 Å². The summed E-state index contributed by atoms with van der Waals surface area (Å²) in [6.07, 6.45) is 0. The summed E-state index contributed by atoms with van der Waals surface area (Å²) in [5.41, 5.74) is 6.71. The molecule has 5 nitrogen and oxygen atoms in total. The smallest absolute Gasteiger partial charge is 0.253 e. The average molecular weight is 263 g/mol. The van der Waals surface area contributed by atoms with Crippen molar-refractivity contribution < 1.29 is 13.6 Å². The third kappa shape index (κ3) is 2.90. The number of carbonyl (C=O) groups is 1. The third-order valence-corrected chi connectivity index (χ3v) is 2.73. The lowest BCUT2D eigenvalue weighted by Gasteiger charge is -2.05. The Kier molecular flexibility index (Phi) is 3.50. The molecule has 0 aliphatic carbocycles. The molecule has 1 heterocycles. The number of oxazole rings is 1. The zero-order chi connectivity index (χ0) is 14.0. The van der Waals surface area contributed by atoms with Crippen LogP contribution in [-0.4, -0.2) is 10.9 Å². The molecular weight excluding hydrogens is 249 g/mol. The molecule has 1 aromatic heterocycles. The fraction of sp³-hybridized carbons (Fsp3) is 0.231. The van der Waals surface area contributed by atoms with Gasteiger partial charge in [-0.1, -0.05) is 0 Å². The van der Waals surface area contributed by atoms with Crippen molar-refractivity contribution in [1.29, 1.82) is 0 Å². The Balaban J connectivity index is 2.07. The van der Waals surface area contributed by atoms with Gasteiger partial charge in [0.05, 0.1) is 17.8 Å². The van der Waals surface area contributed by atoms with E-state index in [1.54, 1.807) is 6.92 Å². The maximum absolute atomic E-state index is 13.1. The van der Waals surface area contributed by atoms with Crippen molar-refractivity contribution in [2.45, 2.75) is 20.4 Å². The van der Waals surface area contributed by atoms with E-state index in [0.29, 0.717) is 11.7 Å². The normalized spacial score (nSPS) is 10.5. The predicted molar refractivity (Wildman–Crippen MR) is 68.0 cm³/mol. The van der Waals surface area contributed by atoms with E-state index >= 15 is 0 Å². The monoisotopic (exact) mass is 263 g/mol. The van der Waals surface area contributed by atoms with Gasteiger partial charge in [-0.05, 0) is 32.0 Å². The minimum Gasteiger partial charge on any atom is -0.444 e. The maximum atomic E-state index is 13.1. The van der Waals surface area contributed by atoms with Gasteiger partial charge in [0.2, 0.25) is 5.89 Å². The number of hydrogen-bond donors (Lipinski definition) is 2. The van der Waals surface area contributed by atoms with Gasteiger partial charge in [-0.15, -0.1) is 0 Å². The molecule has 0 atom stereocenters. The third-order valence-electron chi connectivity index (χ3n) is 2.73. The molecule has 100 valence electrons. The molecule has 1 amide bonds. The van der Waals surface area contributed by atoms with E-state index in [-0.39, 0.29) is 17.8 Å². The summed E-state index contributed by atoms with van der Waals surface area (Å²) >= 11 is 0. The van der Waals surface area contributed by atoms with Gasteiger partial charge < -0.3 is 15.5 Å². The van der Waals surface area contributed by atoms with Crippen LogP contribution in [0.25, 0.3) is 0 Å². The number of anilines is 1. The Morgan fingerprint density at radius 1 is 1.47 bits per heavy atom. The first-order valence-corrected chi connectivity index (χ1v) is 5.73. The number of aromatic nitrogens is 1. The number of amides is 1.